The molecule has 1 heterocycles. The van der Waals surface area contributed by atoms with Crippen molar-refractivity contribution in [2.45, 2.75) is 64.5 Å². The lowest BCUT2D eigenvalue weighted by molar-refractivity contribution is 0.0965. The van der Waals surface area contributed by atoms with E-state index in [9.17, 15) is 4.79 Å². The highest BCUT2D eigenvalue weighted by atomic mass is 28.4. The largest absolute Gasteiger partial charge is 0.444 e. The summed E-state index contributed by atoms with van der Waals surface area (Å²) in [7, 11) is -1.72. The topological polar surface area (TPSA) is 47.6 Å². The molecule has 1 aliphatic rings. The van der Waals surface area contributed by atoms with Crippen LogP contribution in [0.5, 0.6) is 0 Å². The molecule has 1 fully saturated rings. The Balaban J connectivity index is 2.44. The van der Waals surface area contributed by atoms with Crippen LogP contribution in [-0.2, 0) is 9.16 Å². The molecule has 0 spiro atoms. The normalized spacial score (nSPS) is 23.2. The number of ether oxygens (including phenoxy) is 1. The van der Waals surface area contributed by atoms with Crippen molar-refractivity contribution in [1.29, 1.82) is 0 Å². The van der Waals surface area contributed by atoms with E-state index < -0.39 is 8.32 Å². The summed E-state index contributed by atoms with van der Waals surface area (Å²) in [6, 6.07) is 0. The van der Waals surface area contributed by atoms with Crippen molar-refractivity contribution >= 4 is 14.4 Å². The Hall–Kier alpha value is -0.553. The number of amides is 1. The molecule has 0 radical (unpaired) electrons. The Kier molecular flexibility index (Phi) is 4.25. The summed E-state index contributed by atoms with van der Waals surface area (Å²) >= 11 is 0. The van der Waals surface area contributed by atoms with E-state index in [1.54, 1.807) is 0 Å². The Morgan fingerprint density at radius 1 is 1.53 bits per heavy atom. The van der Waals surface area contributed by atoms with E-state index in [0.717, 1.165) is 6.42 Å². The molecule has 1 rings (SSSR count). The minimum Gasteiger partial charge on any atom is -0.444 e. The predicted molar refractivity (Wildman–Crippen MR) is 70.6 cm³/mol. The van der Waals surface area contributed by atoms with Gasteiger partial charge in [-0.1, -0.05) is 20.8 Å². The van der Waals surface area contributed by atoms with E-state index in [2.05, 4.69) is 46.1 Å². The van der Waals surface area contributed by atoms with Gasteiger partial charge in [-0.3, -0.25) is 0 Å². The molecule has 5 heteroatoms. The number of alkyl carbamates (subject to hydrolysis) is 1. The van der Waals surface area contributed by atoms with Crippen LogP contribution >= 0.6 is 0 Å². The maximum Gasteiger partial charge on any atom is 0.407 e. The van der Waals surface area contributed by atoms with Crippen LogP contribution in [0.3, 0.4) is 0 Å². The summed E-state index contributed by atoms with van der Waals surface area (Å²) in [5, 5.41) is 2.88. The van der Waals surface area contributed by atoms with Gasteiger partial charge in [0.05, 0.1) is 6.54 Å². The summed E-state index contributed by atoms with van der Waals surface area (Å²) in [5.41, 5.74) is 0. The monoisotopic (exact) mass is 259 g/mol. The number of hydrogen-bond acceptors (Lipinski definition) is 3. The molecule has 0 aliphatic carbocycles. The van der Waals surface area contributed by atoms with Crippen molar-refractivity contribution < 1.29 is 14.0 Å². The molecular weight excluding hydrogens is 234 g/mol. The summed E-state index contributed by atoms with van der Waals surface area (Å²) in [6.07, 6.45) is 0.552. The van der Waals surface area contributed by atoms with Gasteiger partial charge in [-0.2, -0.15) is 0 Å². The SMILES string of the molecule is CC(CC1CNC(=O)O1)O[Si](C)(C)C(C)(C)C. The lowest BCUT2D eigenvalue weighted by atomic mass is 10.2. The van der Waals surface area contributed by atoms with Crippen LogP contribution in [0, 0.1) is 0 Å². The zero-order valence-electron chi connectivity index (χ0n) is 11.8. The first kappa shape index (κ1) is 14.5. The number of rotatable bonds is 4. The van der Waals surface area contributed by atoms with Gasteiger partial charge in [0.25, 0.3) is 0 Å². The molecule has 0 aromatic heterocycles. The molecule has 1 amide bonds. The van der Waals surface area contributed by atoms with Crippen LogP contribution in [-0.4, -0.2) is 33.2 Å². The minimum atomic E-state index is -1.72. The zero-order chi connectivity index (χ0) is 13.3. The number of carbonyl (C=O) groups is 1. The Labute approximate surface area is 105 Å². The van der Waals surface area contributed by atoms with Crippen LogP contribution in [0.1, 0.15) is 34.1 Å². The van der Waals surface area contributed by atoms with Gasteiger partial charge in [0, 0.05) is 12.5 Å². The van der Waals surface area contributed by atoms with Gasteiger partial charge in [-0.25, -0.2) is 4.79 Å². The molecule has 1 saturated heterocycles. The van der Waals surface area contributed by atoms with Gasteiger partial charge < -0.3 is 14.5 Å². The van der Waals surface area contributed by atoms with Gasteiger partial charge in [-0.05, 0) is 25.1 Å². The maximum absolute atomic E-state index is 10.9. The van der Waals surface area contributed by atoms with Crippen LogP contribution < -0.4 is 5.32 Å². The fourth-order valence-electron chi connectivity index (χ4n) is 1.66. The highest BCUT2D eigenvalue weighted by Crippen LogP contribution is 2.37. The van der Waals surface area contributed by atoms with Crippen molar-refractivity contribution in [1.82, 2.24) is 5.32 Å². The number of hydrogen-bond donors (Lipinski definition) is 1. The molecule has 2 unspecified atom stereocenters. The molecule has 0 saturated carbocycles. The Bertz CT molecular complexity index is 286. The third-order valence-corrected chi connectivity index (χ3v) is 8.25. The Morgan fingerprint density at radius 3 is 2.53 bits per heavy atom. The van der Waals surface area contributed by atoms with Crippen LogP contribution in [0.2, 0.25) is 18.1 Å². The second kappa shape index (κ2) is 4.98. The van der Waals surface area contributed by atoms with Gasteiger partial charge in [0.1, 0.15) is 6.10 Å². The van der Waals surface area contributed by atoms with Crippen LogP contribution in [0.15, 0.2) is 0 Å². The standard InChI is InChI=1S/C12H25NO3Si/c1-9(7-10-8-13-11(14)15-10)16-17(5,6)12(2,3)4/h9-10H,7-8H2,1-6H3,(H,13,14). The average Bonchev–Trinajstić information content (AvgIpc) is 2.47. The van der Waals surface area contributed by atoms with E-state index in [1.807, 2.05) is 0 Å². The van der Waals surface area contributed by atoms with E-state index in [4.69, 9.17) is 9.16 Å². The maximum atomic E-state index is 10.9. The highest BCUT2D eigenvalue weighted by molar-refractivity contribution is 6.74. The van der Waals surface area contributed by atoms with Crippen molar-refractivity contribution in [2.75, 3.05) is 6.54 Å². The summed E-state index contributed by atoms with van der Waals surface area (Å²) in [4.78, 5) is 10.9. The fourth-order valence-corrected chi connectivity index (χ4v) is 3.12. The number of carbonyl (C=O) groups excluding carboxylic acids is 1. The number of nitrogens with one attached hydrogen (secondary N) is 1. The van der Waals surface area contributed by atoms with Crippen LogP contribution in [0.4, 0.5) is 4.79 Å². The van der Waals surface area contributed by atoms with E-state index >= 15 is 0 Å². The molecular formula is C12H25NO3Si. The van der Waals surface area contributed by atoms with E-state index in [-0.39, 0.29) is 23.3 Å². The van der Waals surface area contributed by atoms with E-state index in [0.29, 0.717) is 6.54 Å². The van der Waals surface area contributed by atoms with Gasteiger partial charge >= 0.3 is 6.09 Å². The third kappa shape index (κ3) is 3.99. The fraction of sp³-hybridized carbons (Fsp3) is 0.917. The predicted octanol–water partition coefficient (Wildman–Crippen LogP) is 2.90. The zero-order valence-corrected chi connectivity index (χ0v) is 12.8. The summed E-state index contributed by atoms with van der Waals surface area (Å²) in [6.45, 7) is 13.8. The van der Waals surface area contributed by atoms with Crippen molar-refractivity contribution in [3.63, 3.8) is 0 Å². The lowest BCUT2D eigenvalue weighted by Crippen LogP contribution is -2.44. The molecule has 0 aromatic rings. The van der Waals surface area contributed by atoms with E-state index in [1.165, 1.54) is 0 Å². The average molecular weight is 259 g/mol. The van der Waals surface area contributed by atoms with Crippen molar-refractivity contribution in [2.24, 2.45) is 0 Å². The van der Waals surface area contributed by atoms with Crippen LogP contribution in [0.25, 0.3) is 0 Å². The molecule has 0 aromatic carbocycles. The Morgan fingerprint density at radius 2 is 2.12 bits per heavy atom. The second-order valence-electron chi connectivity index (χ2n) is 6.33. The number of cyclic esters (lactones) is 1. The first-order valence-electron chi connectivity index (χ1n) is 6.24. The smallest absolute Gasteiger partial charge is 0.407 e. The third-order valence-electron chi connectivity index (χ3n) is 3.64. The summed E-state index contributed by atoms with van der Waals surface area (Å²) < 4.78 is 11.3. The lowest BCUT2D eigenvalue weighted by Gasteiger charge is -2.38. The minimum absolute atomic E-state index is 0.0396. The molecule has 2 atom stereocenters. The summed E-state index contributed by atoms with van der Waals surface area (Å²) in [5.74, 6) is 0. The molecule has 1 N–H and O–H groups in total. The quantitative estimate of drug-likeness (QED) is 0.790. The molecule has 1 aliphatic heterocycles. The molecule has 0 bridgehead atoms. The first-order chi connectivity index (χ1) is 7.62. The van der Waals surface area contributed by atoms with Crippen molar-refractivity contribution in [3.8, 4) is 0 Å². The highest BCUT2D eigenvalue weighted by Gasteiger charge is 2.39. The molecule has 100 valence electrons. The van der Waals surface area contributed by atoms with Gasteiger partial charge in [0.15, 0.2) is 8.32 Å². The second-order valence-corrected chi connectivity index (χ2v) is 11.1. The first-order valence-corrected chi connectivity index (χ1v) is 9.15. The molecule has 4 nitrogen and oxygen atoms in total. The van der Waals surface area contributed by atoms with Gasteiger partial charge in [-0.15, -0.1) is 0 Å². The van der Waals surface area contributed by atoms with Gasteiger partial charge in [0.2, 0.25) is 0 Å². The van der Waals surface area contributed by atoms with Crippen molar-refractivity contribution in [3.05, 3.63) is 0 Å². The molecule has 17 heavy (non-hydrogen) atoms.